The third-order valence-electron chi connectivity index (χ3n) is 5.26. The fraction of sp³-hybridized carbons (Fsp3) is 0.0769. The van der Waals surface area contributed by atoms with Crippen molar-refractivity contribution in [1.82, 2.24) is 9.78 Å². The van der Waals surface area contributed by atoms with Gasteiger partial charge in [0.05, 0.1) is 23.0 Å². The summed E-state index contributed by atoms with van der Waals surface area (Å²) in [5, 5.41) is 21.0. The van der Waals surface area contributed by atoms with Crippen LogP contribution < -0.4 is 16.0 Å². The first-order chi connectivity index (χ1) is 18.0. The van der Waals surface area contributed by atoms with Gasteiger partial charge in [0.2, 0.25) is 0 Å². The quantitative estimate of drug-likeness (QED) is 0.265. The van der Waals surface area contributed by atoms with Gasteiger partial charge in [0.25, 0.3) is 5.91 Å². The molecule has 0 radical (unpaired) electrons. The summed E-state index contributed by atoms with van der Waals surface area (Å²) in [6.07, 6.45) is -4.67. The number of nitrogens with zero attached hydrogens (tertiary/aromatic N) is 3. The number of aromatic nitrogens is 2. The molecule has 0 saturated heterocycles. The second-order valence-corrected chi connectivity index (χ2v) is 8.48. The van der Waals surface area contributed by atoms with Crippen molar-refractivity contribution >= 4 is 40.6 Å². The molecule has 3 N–H and O–H groups in total. The van der Waals surface area contributed by atoms with E-state index in [4.69, 9.17) is 16.9 Å². The van der Waals surface area contributed by atoms with Crippen molar-refractivity contribution in [3.63, 3.8) is 0 Å². The second-order valence-electron chi connectivity index (χ2n) is 8.05. The van der Waals surface area contributed by atoms with Gasteiger partial charge >= 0.3 is 12.2 Å². The molecule has 1 aromatic heterocycles. The van der Waals surface area contributed by atoms with Crippen LogP contribution in [0, 0.1) is 18.3 Å². The average Bonchev–Trinajstić information content (AvgIpc) is 3.26. The van der Waals surface area contributed by atoms with Crippen LogP contribution in [0.1, 0.15) is 27.3 Å². The molecule has 8 nitrogen and oxygen atoms in total. The Labute approximate surface area is 219 Å². The van der Waals surface area contributed by atoms with Crippen molar-refractivity contribution in [3.05, 3.63) is 100 Å². The second kappa shape index (κ2) is 10.7. The number of carbonyl (C=O) groups is 2. The van der Waals surface area contributed by atoms with E-state index in [1.165, 1.54) is 43.3 Å². The summed E-state index contributed by atoms with van der Waals surface area (Å²) in [6, 6.07) is 18.7. The molecule has 0 spiro atoms. The predicted octanol–water partition coefficient (Wildman–Crippen LogP) is 6.62. The number of benzene rings is 3. The molecular formula is C26H18ClF3N6O2. The number of amides is 3. The number of nitrogens with one attached hydrogen (secondary N) is 3. The highest BCUT2D eigenvalue weighted by atomic mass is 35.5. The third kappa shape index (κ3) is 6.11. The highest BCUT2D eigenvalue weighted by molar-refractivity contribution is 6.30. The van der Waals surface area contributed by atoms with Crippen LogP contribution in [0.2, 0.25) is 5.02 Å². The van der Waals surface area contributed by atoms with E-state index in [1.54, 1.807) is 30.3 Å². The van der Waals surface area contributed by atoms with Gasteiger partial charge in [-0.05, 0) is 73.7 Å². The molecule has 0 bridgehead atoms. The van der Waals surface area contributed by atoms with Crippen molar-refractivity contribution < 1.29 is 22.8 Å². The fourth-order valence-electron chi connectivity index (χ4n) is 3.51. The number of anilines is 3. The Bertz CT molecular complexity index is 1560. The molecule has 0 atom stereocenters. The lowest BCUT2D eigenvalue weighted by molar-refractivity contribution is -0.141. The van der Waals surface area contributed by atoms with Crippen LogP contribution >= 0.6 is 11.6 Å². The number of rotatable bonds is 5. The van der Waals surface area contributed by atoms with Crippen molar-refractivity contribution in [2.24, 2.45) is 0 Å². The summed E-state index contributed by atoms with van der Waals surface area (Å²) >= 11 is 5.87. The van der Waals surface area contributed by atoms with Crippen LogP contribution in [-0.2, 0) is 6.18 Å². The van der Waals surface area contributed by atoms with Crippen LogP contribution in [-0.4, -0.2) is 21.7 Å². The lowest BCUT2D eigenvalue weighted by Gasteiger charge is -2.16. The maximum Gasteiger partial charge on any atom is 0.435 e. The van der Waals surface area contributed by atoms with E-state index in [0.717, 1.165) is 10.7 Å². The lowest BCUT2D eigenvalue weighted by Crippen LogP contribution is -2.21. The molecule has 0 fully saturated rings. The minimum absolute atomic E-state index is 0.0627. The smallest absolute Gasteiger partial charge is 0.322 e. The van der Waals surface area contributed by atoms with Gasteiger partial charge < -0.3 is 16.0 Å². The summed E-state index contributed by atoms with van der Waals surface area (Å²) < 4.78 is 40.9. The number of nitriles is 1. The molecule has 0 saturated carbocycles. The van der Waals surface area contributed by atoms with Crippen molar-refractivity contribution in [2.75, 3.05) is 16.0 Å². The summed E-state index contributed by atoms with van der Waals surface area (Å²) in [6.45, 7) is 1.44. The van der Waals surface area contributed by atoms with E-state index >= 15 is 0 Å². The van der Waals surface area contributed by atoms with Gasteiger partial charge in [-0.15, -0.1) is 0 Å². The zero-order valence-electron chi connectivity index (χ0n) is 19.6. The van der Waals surface area contributed by atoms with Gasteiger partial charge in [-0.3, -0.25) is 4.79 Å². The summed E-state index contributed by atoms with van der Waals surface area (Å²) in [5.41, 5.74) is 0.486. The highest BCUT2D eigenvalue weighted by Crippen LogP contribution is 2.32. The molecule has 0 aliphatic heterocycles. The Balaban J connectivity index is 1.67. The average molecular weight is 539 g/mol. The van der Waals surface area contributed by atoms with E-state index in [0.29, 0.717) is 21.8 Å². The zero-order chi connectivity index (χ0) is 27.4. The Morgan fingerprint density at radius 1 is 0.947 bits per heavy atom. The predicted molar refractivity (Wildman–Crippen MR) is 137 cm³/mol. The van der Waals surface area contributed by atoms with Crippen molar-refractivity contribution in [2.45, 2.75) is 13.1 Å². The van der Waals surface area contributed by atoms with Gasteiger partial charge in [0.15, 0.2) is 5.69 Å². The van der Waals surface area contributed by atoms with E-state index in [2.05, 4.69) is 21.0 Å². The standard InChI is InChI=1S/C26H18ClF3N6O2/c1-15-11-23(26(28,29)30)35-36(15)22-10-9-20(32-24(37)17-5-7-18(27)8-6-17)13-21(22)34-25(38)33-19-4-2-3-16(12-19)14-31/h2-13H,1H3,(H,32,37)(H2,33,34,38). The van der Waals surface area contributed by atoms with Gasteiger partial charge in [-0.2, -0.15) is 23.5 Å². The molecule has 0 unspecified atom stereocenters. The van der Waals surface area contributed by atoms with E-state index in [9.17, 15) is 22.8 Å². The first-order valence-electron chi connectivity index (χ1n) is 11.0. The number of aryl methyl sites for hydroxylation is 1. The molecule has 0 aliphatic carbocycles. The first-order valence-corrected chi connectivity index (χ1v) is 11.3. The summed E-state index contributed by atoms with van der Waals surface area (Å²) in [5.74, 6) is -0.465. The molecule has 12 heteroatoms. The SMILES string of the molecule is Cc1cc(C(F)(F)F)nn1-c1ccc(NC(=O)c2ccc(Cl)cc2)cc1NC(=O)Nc1cccc(C#N)c1. The summed E-state index contributed by atoms with van der Waals surface area (Å²) in [7, 11) is 0. The Morgan fingerprint density at radius 2 is 1.66 bits per heavy atom. The number of hydrogen-bond donors (Lipinski definition) is 3. The largest absolute Gasteiger partial charge is 0.435 e. The number of alkyl halides is 3. The van der Waals surface area contributed by atoms with Gasteiger partial charge in [0, 0.05) is 27.7 Å². The Morgan fingerprint density at radius 3 is 2.32 bits per heavy atom. The number of hydrogen-bond acceptors (Lipinski definition) is 4. The molecule has 192 valence electrons. The molecule has 1 heterocycles. The number of urea groups is 1. The van der Waals surface area contributed by atoms with Crippen LogP contribution in [0.3, 0.4) is 0 Å². The molecule has 4 rings (SSSR count). The van der Waals surface area contributed by atoms with Gasteiger partial charge in [-0.25, -0.2) is 9.48 Å². The number of halogens is 4. The van der Waals surface area contributed by atoms with Gasteiger partial charge in [0.1, 0.15) is 0 Å². The molecule has 3 aromatic carbocycles. The van der Waals surface area contributed by atoms with Crippen LogP contribution in [0.15, 0.2) is 72.8 Å². The third-order valence-corrected chi connectivity index (χ3v) is 5.52. The molecule has 0 aliphatic rings. The zero-order valence-corrected chi connectivity index (χ0v) is 20.4. The fourth-order valence-corrected chi connectivity index (χ4v) is 3.64. The van der Waals surface area contributed by atoms with Crippen LogP contribution in [0.4, 0.5) is 35.0 Å². The minimum Gasteiger partial charge on any atom is -0.322 e. The van der Waals surface area contributed by atoms with E-state index in [-0.39, 0.29) is 22.8 Å². The molecule has 38 heavy (non-hydrogen) atoms. The van der Waals surface area contributed by atoms with Gasteiger partial charge in [-0.1, -0.05) is 17.7 Å². The highest BCUT2D eigenvalue weighted by Gasteiger charge is 2.34. The van der Waals surface area contributed by atoms with Crippen LogP contribution in [0.5, 0.6) is 0 Å². The van der Waals surface area contributed by atoms with Crippen LogP contribution in [0.25, 0.3) is 5.69 Å². The van der Waals surface area contributed by atoms with E-state index in [1.807, 2.05) is 6.07 Å². The molecule has 3 amide bonds. The lowest BCUT2D eigenvalue weighted by atomic mass is 10.2. The first kappa shape index (κ1) is 26.2. The molecular weight excluding hydrogens is 521 g/mol. The maximum absolute atomic E-state index is 13.3. The van der Waals surface area contributed by atoms with Crippen molar-refractivity contribution in [3.8, 4) is 11.8 Å². The molecule has 4 aromatic rings. The monoisotopic (exact) mass is 538 g/mol. The minimum atomic E-state index is -4.67. The Hall–Kier alpha value is -4.82. The van der Waals surface area contributed by atoms with E-state index < -0.39 is 23.8 Å². The Kier molecular flexibility index (Phi) is 7.36. The normalized spacial score (nSPS) is 10.9. The number of carbonyl (C=O) groups excluding carboxylic acids is 2. The maximum atomic E-state index is 13.3. The topological polar surface area (TPSA) is 112 Å². The van der Waals surface area contributed by atoms with Crippen molar-refractivity contribution in [1.29, 1.82) is 5.26 Å². The summed E-state index contributed by atoms with van der Waals surface area (Å²) in [4.78, 5) is 25.4.